The molecule has 1 atom stereocenters. The Bertz CT molecular complexity index is 980. The Morgan fingerprint density at radius 1 is 1.10 bits per heavy atom. The van der Waals surface area contributed by atoms with Gasteiger partial charge < -0.3 is 15.5 Å². The summed E-state index contributed by atoms with van der Waals surface area (Å²) in [6.07, 6.45) is 3.15. The average molecular weight is 419 g/mol. The fourth-order valence-corrected chi connectivity index (χ4v) is 5.33. The van der Waals surface area contributed by atoms with Crippen molar-refractivity contribution in [1.29, 1.82) is 0 Å². The molecule has 3 aliphatic rings. The SMILES string of the molecule is CN1CCc2cc(CNC(=O)CC3C(=O)NCCN3C3Cc4ccccc4C3)ccc21. The van der Waals surface area contributed by atoms with Gasteiger partial charge in [-0.15, -0.1) is 0 Å². The highest BCUT2D eigenvalue weighted by Crippen LogP contribution is 2.29. The first-order valence-corrected chi connectivity index (χ1v) is 11.3. The summed E-state index contributed by atoms with van der Waals surface area (Å²) in [6, 6.07) is 14.8. The summed E-state index contributed by atoms with van der Waals surface area (Å²) in [4.78, 5) is 29.9. The van der Waals surface area contributed by atoms with E-state index in [2.05, 4.69) is 69.9 Å². The summed E-state index contributed by atoms with van der Waals surface area (Å²) >= 11 is 0. The van der Waals surface area contributed by atoms with Crippen molar-refractivity contribution in [2.45, 2.75) is 44.3 Å². The Morgan fingerprint density at radius 3 is 2.65 bits per heavy atom. The molecule has 1 aliphatic carbocycles. The van der Waals surface area contributed by atoms with Crippen LogP contribution in [0.3, 0.4) is 0 Å². The van der Waals surface area contributed by atoms with Gasteiger partial charge in [0.05, 0.1) is 12.5 Å². The van der Waals surface area contributed by atoms with Gasteiger partial charge in [0, 0.05) is 45.0 Å². The minimum atomic E-state index is -0.401. The number of amides is 2. The van der Waals surface area contributed by atoms with Crippen LogP contribution in [0, 0.1) is 0 Å². The van der Waals surface area contributed by atoms with Crippen molar-refractivity contribution in [1.82, 2.24) is 15.5 Å². The number of rotatable bonds is 5. The average Bonchev–Trinajstić information content (AvgIpc) is 3.37. The van der Waals surface area contributed by atoms with Gasteiger partial charge in [0.15, 0.2) is 0 Å². The van der Waals surface area contributed by atoms with E-state index in [4.69, 9.17) is 0 Å². The van der Waals surface area contributed by atoms with Gasteiger partial charge in [0.2, 0.25) is 11.8 Å². The Kier molecular flexibility index (Phi) is 5.40. The van der Waals surface area contributed by atoms with Crippen molar-refractivity contribution in [2.24, 2.45) is 0 Å². The Labute approximate surface area is 183 Å². The molecule has 2 aromatic rings. The molecule has 2 heterocycles. The van der Waals surface area contributed by atoms with Crippen molar-refractivity contribution in [3.63, 3.8) is 0 Å². The molecule has 2 aliphatic heterocycles. The van der Waals surface area contributed by atoms with E-state index in [1.165, 1.54) is 22.4 Å². The summed E-state index contributed by atoms with van der Waals surface area (Å²) in [5, 5.41) is 5.99. The lowest BCUT2D eigenvalue weighted by atomic mass is 10.0. The number of benzene rings is 2. The third kappa shape index (κ3) is 4.04. The number of nitrogens with zero attached hydrogens (tertiary/aromatic N) is 2. The number of piperazine rings is 1. The van der Waals surface area contributed by atoms with Gasteiger partial charge in [-0.2, -0.15) is 0 Å². The van der Waals surface area contributed by atoms with Crippen LogP contribution < -0.4 is 15.5 Å². The predicted octanol–water partition coefficient (Wildman–Crippen LogP) is 1.65. The molecule has 0 radical (unpaired) electrons. The van der Waals surface area contributed by atoms with Gasteiger partial charge in [-0.1, -0.05) is 36.4 Å². The van der Waals surface area contributed by atoms with Gasteiger partial charge in [-0.25, -0.2) is 0 Å². The molecule has 2 amide bonds. The van der Waals surface area contributed by atoms with E-state index in [1.54, 1.807) is 0 Å². The van der Waals surface area contributed by atoms with Crippen LogP contribution in [0.1, 0.15) is 28.7 Å². The van der Waals surface area contributed by atoms with E-state index in [0.29, 0.717) is 13.1 Å². The largest absolute Gasteiger partial charge is 0.374 e. The molecule has 6 nitrogen and oxygen atoms in total. The van der Waals surface area contributed by atoms with Crippen LogP contribution in [0.4, 0.5) is 5.69 Å². The number of fused-ring (bicyclic) bond motifs is 2. The Balaban J connectivity index is 1.21. The van der Waals surface area contributed by atoms with E-state index in [0.717, 1.165) is 37.9 Å². The van der Waals surface area contributed by atoms with Gasteiger partial charge in [0.1, 0.15) is 0 Å². The van der Waals surface area contributed by atoms with Crippen LogP contribution >= 0.6 is 0 Å². The van der Waals surface area contributed by atoms with E-state index in [9.17, 15) is 9.59 Å². The second kappa shape index (κ2) is 8.35. The summed E-state index contributed by atoms with van der Waals surface area (Å²) in [5.41, 5.74) is 6.46. The highest BCUT2D eigenvalue weighted by atomic mass is 16.2. The molecule has 2 N–H and O–H groups in total. The third-order valence-electron chi connectivity index (χ3n) is 7.01. The standard InChI is InChI=1S/C25H30N4O2/c1-28-10-8-20-12-17(6-7-22(20)28)16-27-24(30)15-23-25(31)26-9-11-29(23)21-13-18-4-2-3-5-19(18)14-21/h2-7,12,21,23H,8-11,13-16H2,1H3,(H,26,31)(H,27,30). The molecule has 2 aromatic carbocycles. The van der Waals surface area contributed by atoms with Gasteiger partial charge in [-0.05, 0) is 47.6 Å². The molecule has 0 aromatic heterocycles. The monoisotopic (exact) mass is 418 g/mol. The first-order chi connectivity index (χ1) is 15.1. The van der Waals surface area contributed by atoms with Crippen molar-refractivity contribution in [3.05, 3.63) is 64.7 Å². The molecule has 0 spiro atoms. The lowest BCUT2D eigenvalue weighted by Gasteiger charge is -2.38. The number of nitrogens with one attached hydrogen (secondary N) is 2. The van der Waals surface area contributed by atoms with Gasteiger partial charge in [0.25, 0.3) is 0 Å². The van der Waals surface area contributed by atoms with Crippen LogP contribution in [0.25, 0.3) is 0 Å². The topological polar surface area (TPSA) is 64.7 Å². The van der Waals surface area contributed by atoms with Crippen LogP contribution in [0.2, 0.25) is 0 Å². The first kappa shape index (κ1) is 20.1. The Hall–Kier alpha value is -2.86. The van der Waals surface area contributed by atoms with Crippen LogP contribution in [-0.2, 0) is 35.4 Å². The third-order valence-corrected chi connectivity index (χ3v) is 7.01. The predicted molar refractivity (Wildman–Crippen MR) is 121 cm³/mol. The second-order valence-corrected chi connectivity index (χ2v) is 8.99. The zero-order valence-corrected chi connectivity index (χ0v) is 18.1. The summed E-state index contributed by atoms with van der Waals surface area (Å²) in [7, 11) is 2.11. The number of anilines is 1. The van der Waals surface area contributed by atoms with Crippen LogP contribution in [0.5, 0.6) is 0 Å². The molecule has 1 unspecified atom stereocenters. The quantitative estimate of drug-likeness (QED) is 0.775. The van der Waals surface area contributed by atoms with E-state index >= 15 is 0 Å². The summed E-state index contributed by atoms with van der Waals surface area (Å²) < 4.78 is 0. The maximum absolute atomic E-state index is 12.8. The number of hydrogen-bond acceptors (Lipinski definition) is 4. The molecule has 5 rings (SSSR count). The van der Waals surface area contributed by atoms with E-state index in [-0.39, 0.29) is 24.3 Å². The first-order valence-electron chi connectivity index (χ1n) is 11.3. The molecular formula is C25H30N4O2. The molecule has 162 valence electrons. The normalized spacial score (nSPS) is 21.0. The summed E-state index contributed by atoms with van der Waals surface area (Å²) in [6.45, 7) is 2.98. The van der Waals surface area contributed by atoms with Crippen molar-refractivity contribution < 1.29 is 9.59 Å². The molecule has 31 heavy (non-hydrogen) atoms. The zero-order valence-electron chi connectivity index (χ0n) is 18.1. The highest BCUT2D eigenvalue weighted by Gasteiger charge is 2.38. The molecular weight excluding hydrogens is 388 g/mol. The maximum Gasteiger partial charge on any atom is 0.237 e. The van der Waals surface area contributed by atoms with E-state index in [1.807, 2.05) is 0 Å². The van der Waals surface area contributed by atoms with Gasteiger partial charge >= 0.3 is 0 Å². The van der Waals surface area contributed by atoms with Gasteiger partial charge in [-0.3, -0.25) is 14.5 Å². The minimum Gasteiger partial charge on any atom is -0.374 e. The highest BCUT2D eigenvalue weighted by molar-refractivity contribution is 5.88. The summed E-state index contributed by atoms with van der Waals surface area (Å²) in [5.74, 6) is -0.0990. The molecule has 0 bridgehead atoms. The van der Waals surface area contributed by atoms with Crippen LogP contribution in [0.15, 0.2) is 42.5 Å². The molecule has 0 saturated carbocycles. The van der Waals surface area contributed by atoms with Crippen LogP contribution in [-0.4, -0.2) is 55.5 Å². The number of carbonyl (C=O) groups excluding carboxylic acids is 2. The van der Waals surface area contributed by atoms with E-state index < -0.39 is 6.04 Å². The minimum absolute atomic E-state index is 0.0297. The van der Waals surface area contributed by atoms with Crippen molar-refractivity contribution >= 4 is 17.5 Å². The lowest BCUT2D eigenvalue weighted by Crippen LogP contribution is -2.59. The number of hydrogen-bond donors (Lipinski definition) is 2. The Morgan fingerprint density at radius 2 is 1.87 bits per heavy atom. The fraction of sp³-hybridized carbons (Fsp3) is 0.440. The number of carbonyl (C=O) groups is 2. The second-order valence-electron chi connectivity index (χ2n) is 8.99. The molecule has 6 heteroatoms. The van der Waals surface area contributed by atoms with Crippen molar-refractivity contribution in [3.8, 4) is 0 Å². The lowest BCUT2D eigenvalue weighted by molar-refractivity contribution is -0.135. The fourth-order valence-electron chi connectivity index (χ4n) is 5.33. The molecule has 1 saturated heterocycles. The molecule has 1 fully saturated rings. The maximum atomic E-state index is 12.8. The van der Waals surface area contributed by atoms with Crippen molar-refractivity contribution in [2.75, 3.05) is 31.6 Å². The number of likely N-dealkylation sites (N-methyl/N-ethyl adjacent to an activating group) is 1. The smallest absolute Gasteiger partial charge is 0.237 e. The zero-order chi connectivity index (χ0) is 21.4.